The summed E-state index contributed by atoms with van der Waals surface area (Å²) in [5, 5.41) is 6.16. The highest BCUT2D eigenvalue weighted by Gasteiger charge is 2.28. The van der Waals surface area contributed by atoms with Gasteiger partial charge in [0.1, 0.15) is 0 Å². The van der Waals surface area contributed by atoms with Gasteiger partial charge in [-0.2, -0.15) is 0 Å². The molecule has 1 amide bonds. The van der Waals surface area contributed by atoms with Gasteiger partial charge in [0, 0.05) is 17.9 Å². The van der Waals surface area contributed by atoms with E-state index >= 15 is 0 Å². The summed E-state index contributed by atoms with van der Waals surface area (Å²) in [6, 6.07) is 11.7. The lowest BCUT2D eigenvalue weighted by Crippen LogP contribution is -2.22. The molecule has 2 heterocycles. The van der Waals surface area contributed by atoms with Gasteiger partial charge in [-0.25, -0.2) is 0 Å². The lowest BCUT2D eigenvalue weighted by atomic mass is 10.0. The molecule has 1 aromatic heterocycles. The second-order valence-electron chi connectivity index (χ2n) is 4.70. The van der Waals surface area contributed by atoms with Crippen LogP contribution in [0.5, 0.6) is 0 Å². The van der Waals surface area contributed by atoms with E-state index in [9.17, 15) is 4.79 Å². The van der Waals surface area contributed by atoms with Gasteiger partial charge in [0.2, 0.25) is 5.91 Å². The summed E-state index contributed by atoms with van der Waals surface area (Å²) in [6.07, 6.45) is 1.68. The molecule has 1 aromatic carbocycles. The number of hydrogen-bond donors (Lipinski definition) is 2. The third-order valence-electron chi connectivity index (χ3n) is 3.33. The highest BCUT2D eigenvalue weighted by molar-refractivity contribution is 5.98. The van der Waals surface area contributed by atoms with Crippen LogP contribution in [0.3, 0.4) is 0 Å². The Labute approximate surface area is 111 Å². The van der Waals surface area contributed by atoms with Gasteiger partial charge in [0.05, 0.1) is 17.8 Å². The number of anilines is 2. The molecule has 19 heavy (non-hydrogen) atoms. The first kappa shape index (κ1) is 11.7. The Morgan fingerprint density at radius 1 is 1.32 bits per heavy atom. The summed E-state index contributed by atoms with van der Waals surface area (Å²) in [7, 11) is 0. The molecule has 1 atom stereocenters. The average molecular weight is 253 g/mol. The molecule has 1 aliphatic heterocycles. The summed E-state index contributed by atoms with van der Waals surface area (Å²) < 4.78 is 0. The van der Waals surface area contributed by atoms with Crippen LogP contribution in [-0.2, 0) is 4.79 Å². The predicted molar refractivity (Wildman–Crippen MR) is 75.3 cm³/mol. The van der Waals surface area contributed by atoms with Gasteiger partial charge in [-0.1, -0.05) is 18.2 Å². The van der Waals surface area contributed by atoms with Crippen LogP contribution in [-0.4, -0.2) is 17.4 Å². The molecule has 0 aliphatic carbocycles. The Bertz CT molecular complexity index is 607. The third kappa shape index (κ3) is 2.29. The van der Waals surface area contributed by atoms with Crippen LogP contribution in [0.4, 0.5) is 11.4 Å². The fraction of sp³-hybridized carbons (Fsp3) is 0.200. The number of rotatable bonds is 2. The van der Waals surface area contributed by atoms with Crippen molar-refractivity contribution in [2.45, 2.75) is 12.8 Å². The van der Waals surface area contributed by atoms with Crippen molar-refractivity contribution in [2.75, 3.05) is 17.2 Å². The maximum Gasteiger partial charge on any atom is 0.233 e. The number of aromatic nitrogens is 1. The number of aryl methyl sites for hydroxylation is 1. The first-order chi connectivity index (χ1) is 9.24. The number of pyridine rings is 1. The van der Waals surface area contributed by atoms with E-state index in [1.807, 2.05) is 43.3 Å². The average Bonchev–Trinajstić information content (AvgIpc) is 2.85. The zero-order valence-corrected chi connectivity index (χ0v) is 10.7. The third-order valence-corrected chi connectivity index (χ3v) is 3.33. The van der Waals surface area contributed by atoms with Crippen molar-refractivity contribution >= 4 is 17.3 Å². The van der Waals surface area contributed by atoms with Gasteiger partial charge < -0.3 is 10.6 Å². The quantitative estimate of drug-likeness (QED) is 0.864. The SMILES string of the molecule is Cc1ccc(NC(=O)C2CNc3ccccc32)cn1. The van der Waals surface area contributed by atoms with Crippen LogP contribution in [0, 0.1) is 6.92 Å². The summed E-state index contributed by atoms with van der Waals surface area (Å²) >= 11 is 0. The van der Waals surface area contributed by atoms with Crippen LogP contribution >= 0.6 is 0 Å². The van der Waals surface area contributed by atoms with Gasteiger partial charge in [-0.15, -0.1) is 0 Å². The predicted octanol–water partition coefficient (Wildman–Crippen LogP) is 2.54. The van der Waals surface area contributed by atoms with Crippen LogP contribution in [0.2, 0.25) is 0 Å². The zero-order valence-electron chi connectivity index (χ0n) is 10.7. The molecule has 0 saturated heterocycles. The van der Waals surface area contributed by atoms with E-state index in [1.54, 1.807) is 6.20 Å². The van der Waals surface area contributed by atoms with Crippen molar-refractivity contribution in [1.82, 2.24) is 4.98 Å². The normalized spacial score (nSPS) is 16.6. The van der Waals surface area contributed by atoms with Gasteiger partial charge in [-0.05, 0) is 30.7 Å². The molecule has 2 N–H and O–H groups in total. The maximum absolute atomic E-state index is 12.3. The standard InChI is InChI=1S/C15H15N3O/c1-10-6-7-11(8-16-10)18-15(19)13-9-17-14-5-3-2-4-12(13)14/h2-8,13,17H,9H2,1H3,(H,18,19). The lowest BCUT2D eigenvalue weighted by molar-refractivity contribution is -0.117. The summed E-state index contributed by atoms with van der Waals surface area (Å²) in [6.45, 7) is 2.56. The number of para-hydroxylation sites is 1. The monoisotopic (exact) mass is 253 g/mol. The smallest absolute Gasteiger partial charge is 0.233 e. The zero-order chi connectivity index (χ0) is 13.2. The van der Waals surface area contributed by atoms with E-state index in [2.05, 4.69) is 15.6 Å². The summed E-state index contributed by atoms with van der Waals surface area (Å²) in [4.78, 5) is 16.5. The Morgan fingerprint density at radius 2 is 2.16 bits per heavy atom. The Kier molecular flexibility index (Phi) is 2.91. The molecule has 1 aliphatic rings. The molecule has 1 unspecified atom stereocenters. The van der Waals surface area contributed by atoms with E-state index in [0.717, 1.165) is 22.6 Å². The minimum atomic E-state index is -0.141. The molecule has 0 radical (unpaired) electrons. The number of nitrogens with one attached hydrogen (secondary N) is 2. The molecule has 0 fully saturated rings. The first-order valence-electron chi connectivity index (χ1n) is 6.30. The van der Waals surface area contributed by atoms with E-state index in [-0.39, 0.29) is 11.8 Å². The molecule has 3 rings (SSSR count). The molecule has 0 saturated carbocycles. The Hall–Kier alpha value is -2.36. The Morgan fingerprint density at radius 3 is 2.95 bits per heavy atom. The van der Waals surface area contributed by atoms with E-state index in [0.29, 0.717) is 6.54 Å². The van der Waals surface area contributed by atoms with E-state index < -0.39 is 0 Å². The molecule has 2 aromatic rings. The van der Waals surface area contributed by atoms with E-state index in [1.165, 1.54) is 0 Å². The number of hydrogen-bond acceptors (Lipinski definition) is 3. The minimum Gasteiger partial charge on any atom is -0.384 e. The number of carbonyl (C=O) groups excluding carboxylic acids is 1. The molecule has 96 valence electrons. The van der Waals surface area contributed by atoms with Gasteiger partial charge in [-0.3, -0.25) is 9.78 Å². The number of benzene rings is 1. The molecule has 4 nitrogen and oxygen atoms in total. The maximum atomic E-state index is 12.3. The van der Waals surface area contributed by atoms with E-state index in [4.69, 9.17) is 0 Å². The van der Waals surface area contributed by atoms with Crippen molar-refractivity contribution in [1.29, 1.82) is 0 Å². The largest absolute Gasteiger partial charge is 0.384 e. The summed E-state index contributed by atoms with van der Waals surface area (Å²) in [5.74, 6) is -0.138. The highest BCUT2D eigenvalue weighted by Crippen LogP contribution is 2.31. The van der Waals surface area contributed by atoms with Crippen LogP contribution < -0.4 is 10.6 Å². The molecule has 4 heteroatoms. The first-order valence-corrected chi connectivity index (χ1v) is 6.30. The van der Waals surface area contributed by atoms with Crippen LogP contribution in [0.1, 0.15) is 17.2 Å². The molecule has 0 bridgehead atoms. The van der Waals surface area contributed by atoms with Gasteiger partial charge in [0.25, 0.3) is 0 Å². The van der Waals surface area contributed by atoms with Crippen LogP contribution in [0.15, 0.2) is 42.6 Å². The molecular weight excluding hydrogens is 238 g/mol. The number of nitrogens with zero attached hydrogens (tertiary/aromatic N) is 1. The number of fused-ring (bicyclic) bond motifs is 1. The highest BCUT2D eigenvalue weighted by atomic mass is 16.1. The number of amides is 1. The lowest BCUT2D eigenvalue weighted by Gasteiger charge is -2.11. The van der Waals surface area contributed by atoms with Crippen molar-refractivity contribution < 1.29 is 4.79 Å². The van der Waals surface area contributed by atoms with Crippen molar-refractivity contribution in [3.63, 3.8) is 0 Å². The van der Waals surface area contributed by atoms with Gasteiger partial charge in [0.15, 0.2) is 0 Å². The topological polar surface area (TPSA) is 54.0 Å². The second-order valence-corrected chi connectivity index (χ2v) is 4.70. The van der Waals surface area contributed by atoms with Crippen LogP contribution in [0.25, 0.3) is 0 Å². The minimum absolute atomic E-state index is 0.00287. The Balaban J connectivity index is 1.77. The number of carbonyl (C=O) groups is 1. The van der Waals surface area contributed by atoms with Crippen molar-refractivity contribution in [3.8, 4) is 0 Å². The van der Waals surface area contributed by atoms with Crippen molar-refractivity contribution in [2.24, 2.45) is 0 Å². The second kappa shape index (κ2) is 4.72. The fourth-order valence-corrected chi connectivity index (χ4v) is 2.29. The van der Waals surface area contributed by atoms with Gasteiger partial charge >= 0.3 is 0 Å². The summed E-state index contributed by atoms with van der Waals surface area (Å²) in [5.41, 5.74) is 3.77. The fourth-order valence-electron chi connectivity index (χ4n) is 2.29. The molecular formula is C15H15N3O. The molecule has 0 spiro atoms. The van der Waals surface area contributed by atoms with Crippen molar-refractivity contribution in [3.05, 3.63) is 53.9 Å².